The normalized spacial score (nSPS) is 55.8. The molecule has 0 aromatic carbocycles. The summed E-state index contributed by atoms with van der Waals surface area (Å²) >= 11 is 0. The number of ketones is 1. The highest BCUT2D eigenvalue weighted by atomic mass is 16.4. The van der Waals surface area contributed by atoms with Crippen molar-refractivity contribution in [2.24, 2.45) is 28.1 Å². The van der Waals surface area contributed by atoms with E-state index in [2.05, 4.69) is 0 Å². The fourth-order valence-electron chi connectivity index (χ4n) is 6.91. The number of rotatable bonds is 2. The molecule has 4 rings (SSSR count). The zero-order chi connectivity index (χ0) is 17.5. The Morgan fingerprint density at radius 1 is 1.25 bits per heavy atom. The number of aldehydes is 1. The second-order valence-corrected chi connectivity index (χ2v) is 8.89. The van der Waals surface area contributed by atoms with Crippen LogP contribution in [0.3, 0.4) is 0 Å². The Hall–Kier alpha value is -1.27. The van der Waals surface area contributed by atoms with Crippen LogP contribution in [0.1, 0.15) is 51.9 Å². The molecule has 0 aliphatic heterocycles. The average molecular weight is 336 g/mol. The Kier molecular flexibility index (Phi) is 3.02. The van der Waals surface area contributed by atoms with Gasteiger partial charge in [-0.15, -0.1) is 0 Å². The number of aliphatic hydroxyl groups excluding tert-OH is 1. The Balaban J connectivity index is 1.86. The first-order chi connectivity index (χ1) is 11.1. The van der Waals surface area contributed by atoms with Crippen LogP contribution in [0.4, 0.5) is 0 Å². The van der Waals surface area contributed by atoms with E-state index in [0.29, 0.717) is 32.1 Å². The van der Waals surface area contributed by atoms with Gasteiger partial charge in [0.05, 0.1) is 11.5 Å². The van der Waals surface area contributed by atoms with Gasteiger partial charge in [-0.3, -0.25) is 9.59 Å². The highest BCUT2D eigenvalue weighted by molar-refractivity contribution is 5.91. The van der Waals surface area contributed by atoms with Crippen LogP contribution in [0.25, 0.3) is 0 Å². The summed E-state index contributed by atoms with van der Waals surface area (Å²) in [5.41, 5.74) is -3.99. The maximum Gasteiger partial charge on any atom is 0.312 e. The van der Waals surface area contributed by atoms with E-state index in [1.165, 1.54) is 0 Å². The van der Waals surface area contributed by atoms with E-state index < -0.39 is 39.8 Å². The molecule has 3 N–H and O–H groups in total. The van der Waals surface area contributed by atoms with Gasteiger partial charge in [-0.25, -0.2) is 0 Å². The molecule has 0 amide bonds. The molecule has 0 aromatic rings. The van der Waals surface area contributed by atoms with Crippen molar-refractivity contribution in [2.45, 2.75) is 63.6 Å². The van der Waals surface area contributed by atoms with Gasteiger partial charge in [-0.1, -0.05) is 0 Å². The summed E-state index contributed by atoms with van der Waals surface area (Å²) in [6.07, 6.45) is 2.57. The topological polar surface area (TPSA) is 112 Å². The number of carboxylic acid groups (broad SMARTS) is 1. The molecule has 4 saturated carbocycles. The van der Waals surface area contributed by atoms with Crippen LogP contribution in [0.5, 0.6) is 0 Å². The van der Waals surface area contributed by atoms with Gasteiger partial charge in [0.1, 0.15) is 11.9 Å². The first-order valence-corrected chi connectivity index (χ1v) is 8.78. The summed E-state index contributed by atoms with van der Waals surface area (Å²) < 4.78 is 0. The van der Waals surface area contributed by atoms with Crippen LogP contribution in [0, 0.1) is 28.1 Å². The van der Waals surface area contributed by atoms with Gasteiger partial charge >= 0.3 is 5.97 Å². The predicted octanol–water partition coefficient (Wildman–Crippen LogP) is 0.928. The van der Waals surface area contributed by atoms with Gasteiger partial charge in [-0.2, -0.15) is 0 Å². The lowest BCUT2D eigenvalue weighted by Gasteiger charge is -2.51. The SMILES string of the molecule is C[C@@]1(C(=O)O)[C@H](O)CC[C@@]2(C=O)[C@@H]3CC[C@]4(O)C[C@]3(CC4=O)C[C@@H]21. The summed E-state index contributed by atoms with van der Waals surface area (Å²) in [5, 5.41) is 30.9. The maximum atomic E-state index is 12.4. The van der Waals surface area contributed by atoms with Crippen molar-refractivity contribution in [3.63, 3.8) is 0 Å². The Morgan fingerprint density at radius 3 is 2.58 bits per heavy atom. The minimum absolute atomic E-state index is 0.0783. The van der Waals surface area contributed by atoms with Gasteiger partial charge in [-0.05, 0) is 62.7 Å². The molecule has 6 nitrogen and oxygen atoms in total. The number of aliphatic carboxylic acids is 1. The van der Waals surface area contributed by atoms with E-state index in [0.717, 1.165) is 6.29 Å². The van der Waals surface area contributed by atoms with Crippen molar-refractivity contribution in [1.29, 1.82) is 0 Å². The number of fused-ring (bicyclic) bond motifs is 3. The van der Waals surface area contributed by atoms with Crippen molar-refractivity contribution in [2.75, 3.05) is 0 Å². The molecule has 0 heterocycles. The molecule has 0 aromatic heterocycles. The lowest BCUT2D eigenvalue weighted by Crippen LogP contribution is -2.56. The predicted molar refractivity (Wildman–Crippen MR) is 81.9 cm³/mol. The number of hydrogen-bond acceptors (Lipinski definition) is 5. The van der Waals surface area contributed by atoms with E-state index in [4.69, 9.17) is 0 Å². The Bertz CT molecular complexity index is 645. The van der Waals surface area contributed by atoms with Gasteiger partial charge < -0.3 is 20.1 Å². The third kappa shape index (κ3) is 1.57. The van der Waals surface area contributed by atoms with Crippen LogP contribution in [-0.4, -0.2) is 45.1 Å². The molecule has 4 fully saturated rings. The zero-order valence-electron chi connectivity index (χ0n) is 13.8. The Labute approximate surface area is 140 Å². The summed E-state index contributed by atoms with van der Waals surface area (Å²) in [6.45, 7) is 1.54. The molecule has 0 saturated heterocycles. The molecule has 0 radical (unpaired) electrons. The van der Waals surface area contributed by atoms with Crippen LogP contribution in [0.15, 0.2) is 0 Å². The minimum atomic E-state index is -1.39. The molecule has 132 valence electrons. The minimum Gasteiger partial charge on any atom is -0.481 e. The second kappa shape index (κ2) is 4.47. The largest absolute Gasteiger partial charge is 0.481 e. The van der Waals surface area contributed by atoms with Gasteiger partial charge in [0.2, 0.25) is 0 Å². The first kappa shape index (κ1) is 16.2. The number of carboxylic acids is 1. The summed E-state index contributed by atoms with van der Waals surface area (Å²) in [7, 11) is 0. The van der Waals surface area contributed by atoms with E-state index in [1.807, 2.05) is 0 Å². The fourth-order valence-corrected chi connectivity index (χ4v) is 6.91. The Morgan fingerprint density at radius 2 is 1.96 bits per heavy atom. The molecule has 2 bridgehead atoms. The molecule has 0 unspecified atom stereocenters. The third-order valence-electron chi connectivity index (χ3n) is 8.12. The van der Waals surface area contributed by atoms with Crippen molar-refractivity contribution < 1.29 is 29.7 Å². The molecular weight excluding hydrogens is 312 g/mol. The zero-order valence-corrected chi connectivity index (χ0v) is 13.8. The fraction of sp³-hybridized carbons (Fsp3) is 0.833. The van der Waals surface area contributed by atoms with Crippen molar-refractivity contribution in [3.05, 3.63) is 0 Å². The molecule has 4 aliphatic carbocycles. The van der Waals surface area contributed by atoms with Crippen molar-refractivity contribution >= 4 is 18.0 Å². The standard InChI is InChI=1S/C18H24O6/c1-15(14(22)23)11-6-16-7-13(21)18(24,8-16)5-2-10(16)17(11,9-19)4-3-12(15)20/h9-12,20,24H,2-8H2,1H3,(H,22,23)/t10-,11-,12-,15+,16-,17-,18+/m1/s1. The number of aliphatic hydroxyl groups is 2. The molecule has 7 atom stereocenters. The van der Waals surface area contributed by atoms with E-state index in [9.17, 15) is 29.7 Å². The van der Waals surface area contributed by atoms with Crippen molar-refractivity contribution in [1.82, 2.24) is 0 Å². The maximum absolute atomic E-state index is 12.4. The monoisotopic (exact) mass is 336 g/mol. The summed E-state index contributed by atoms with van der Waals surface area (Å²) in [4.78, 5) is 36.6. The van der Waals surface area contributed by atoms with Crippen LogP contribution in [-0.2, 0) is 14.4 Å². The van der Waals surface area contributed by atoms with E-state index >= 15 is 0 Å². The quantitative estimate of drug-likeness (QED) is 0.647. The molecule has 1 spiro atoms. The lowest BCUT2D eigenvalue weighted by atomic mass is 9.52. The van der Waals surface area contributed by atoms with Gasteiger partial charge in [0, 0.05) is 11.8 Å². The number of hydrogen-bond donors (Lipinski definition) is 3. The smallest absolute Gasteiger partial charge is 0.312 e. The third-order valence-corrected chi connectivity index (χ3v) is 8.12. The molecule has 4 aliphatic rings. The lowest BCUT2D eigenvalue weighted by molar-refractivity contribution is -0.176. The summed E-state index contributed by atoms with van der Waals surface area (Å²) in [6, 6.07) is 0. The number of carbonyl (C=O) groups is 3. The van der Waals surface area contributed by atoms with Crippen molar-refractivity contribution in [3.8, 4) is 0 Å². The molecular formula is C18H24O6. The number of Topliss-reactive ketones (excluding diaryl/α,β-unsaturated/α-hetero) is 1. The van der Waals surface area contributed by atoms with Crippen LogP contribution < -0.4 is 0 Å². The van der Waals surface area contributed by atoms with E-state index in [1.54, 1.807) is 6.92 Å². The molecule has 24 heavy (non-hydrogen) atoms. The van der Waals surface area contributed by atoms with E-state index in [-0.39, 0.29) is 24.5 Å². The van der Waals surface area contributed by atoms with Crippen LogP contribution >= 0.6 is 0 Å². The van der Waals surface area contributed by atoms with Gasteiger partial charge in [0.15, 0.2) is 5.78 Å². The van der Waals surface area contributed by atoms with Crippen LogP contribution in [0.2, 0.25) is 0 Å². The average Bonchev–Trinajstić information content (AvgIpc) is 2.91. The van der Waals surface area contributed by atoms with Gasteiger partial charge in [0.25, 0.3) is 0 Å². The number of carbonyl (C=O) groups excluding carboxylic acids is 2. The first-order valence-electron chi connectivity index (χ1n) is 8.78. The summed E-state index contributed by atoms with van der Waals surface area (Å²) in [5.74, 6) is -1.82. The highest BCUT2D eigenvalue weighted by Crippen LogP contribution is 2.74. The highest BCUT2D eigenvalue weighted by Gasteiger charge is 2.75. The second-order valence-electron chi connectivity index (χ2n) is 8.89. The molecule has 6 heteroatoms.